The van der Waals surface area contributed by atoms with Gasteiger partial charge in [0, 0.05) is 11.8 Å². The first-order valence-electron chi connectivity index (χ1n) is 5.14. The first-order chi connectivity index (χ1) is 6.49. The fourth-order valence-electron chi connectivity index (χ4n) is 1.30. The van der Waals surface area contributed by atoms with E-state index >= 15 is 0 Å². The van der Waals surface area contributed by atoms with Crippen molar-refractivity contribution in [3.8, 4) is 5.88 Å². The molecular weight excluding hydrogens is 174 g/mol. The summed E-state index contributed by atoms with van der Waals surface area (Å²) in [7, 11) is 0. The average Bonchev–Trinajstić information content (AvgIpc) is 2.01. The number of aryl methyl sites for hydroxylation is 1. The standard InChI is InChI=1S/C12H19NO/c1-8(2)11-6-10(5)13-12(7-11)14-9(3)4/h6-9H,1-5H3. The average molecular weight is 193 g/mol. The maximum atomic E-state index is 5.57. The molecule has 0 aliphatic heterocycles. The van der Waals surface area contributed by atoms with Crippen molar-refractivity contribution >= 4 is 0 Å². The van der Waals surface area contributed by atoms with Gasteiger partial charge in [0.1, 0.15) is 0 Å². The Morgan fingerprint density at radius 3 is 2.29 bits per heavy atom. The van der Waals surface area contributed by atoms with Gasteiger partial charge in [0.2, 0.25) is 5.88 Å². The lowest BCUT2D eigenvalue weighted by atomic mass is 10.0. The highest BCUT2D eigenvalue weighted by Crippen LogP contribution is 2.20. The topological polar surface area (TPSA) is 22.1 Å². The van der Waals surface area contributed by atoms with Crippen molar-refractivity contribution in [3.63, 3.8) is 0 Å². The quantitative estimate of drug-likeness (QED) is 0.734. The number of aromatic nitrogens is 1. The molecule has 0 spiro atoms. The summed E-state index contributed by atoms with van der Waals surface area (Å²) in [5.74, 6) is 1.26. The van der Waals surface area contributed by atoms with Gasteiger partial charge in [-0.3, -0.25) is 0 Å². The molecule has 78 valence electrons. The van der Waals surface area contributed by atoms with E-state index < -0.39 is 0 Å². The lowest BCUT2D eigenvalue weighted by Gasteiger charge is -2.12. The van der Waals surface area contributed by atoms with Crippen LogP contribution in [0.4, 0.5) is 0 Å². The van der Waals surface area contributed by atoms with Crippen molar-refractivity contribution in [1.29, 1.82) is 0 Å². The van der Waals surface area contributed by atoms with Gasteiger partial charge in [0.25, 0.3) is 0 Å². The molecule has 1 aromatic rings. The molecule has 0 amide bonds. The molecule has 0 aromatic carbocycles. The van der Waals surface area contributed by atoms with Crippen LogP contribution in [0.3, 0.4) is 0 Å². The van der Waals surface area contributed by atoms with Crippen LogP contribution in [0, 0.1) is 6.92 Å². The molecule has 1 heterocycles. The summed E-state index contributed by atoms with van der Waals surface area (Å²) in [6, 6.07) is 4.13. The smallest absolute Gasteiger partial charge is 0.213 e. The third-order valence-corrected chi connectivity index (χ3v) is 1.98. The number of hydrogen-bond acceptors (Lipinski definition) is 2. The van der Waals surface area contributed by atoms with Crippen LogP contribution in [0.1, 0.15) is 44.9 Å². The molecule has 14 heavy (non-hydrogen) atoms. The van der Waals surface area contributed by atoms with Crippen molar-refractivity contribution in [2.75, 3.05) is 0 Å². The molecule has 0 saturated carbocycles. The number of ether oxygens (including phenoxy) is 1. The second-order valence-electron chi connectivity index (χ2n) is 4.20. The zero-order valence-electron chi connectivity index (χ0n) is 9.66. The van der Waals surface area contributed by atoms with Crippen molar-refractivity contribution in [3.05, 3.63) is 23.4 Å². The molecule has 0 bridgehead atoms. The van der Waals surface area contributed by atoms with E-state index in [1.807, 2.05) is 26.8 Å². The molecule has 2 nitrogen and oxygen atoms in total. The fourth-order valence-corrected chi connectivity index (χ4v) is 1.30. The molecule has 1 rings (SSSR count). The summed E-state index contributed by atoms with van der Waals surface area (Å²) in [6.45, 7) is 10.4. The van der Waals surface area contributed by atoms with Crippen molar-refractivity contribution in [2.45, 2.75) is 46.6 Å². The summed E-state index contributed by atoms with van der Waals surface area (Å²) in [5, 5.41) is 0. The summed E-state index contributed by atoms with van der Waals surface area (Å²) in [4.78, 5) is 4.33. The minimum absolute atomic E-state index is 0.185. The molecule has 0 unspecified atom stereocenters. The minimum Gasteiger partial charge on any atom is -0.475 e. The Kier molecular flexibility index (Phi) is 3.50. The van der Waals surface area contributed by atoms with E-state index in [1.54, 1.807) is 0 Å². The van der Waals surface area contributed by atoms with Crippen molar-refractivity contribution in [2.24, 2.45) is 0 Å². The van der Waals surface area contributed by atoms with E-state index in [0.29, 0.717) is 5.92 Å². The molecule has 0 aliphatic rings. The highest BCUT2D eigenvalue weighted by Gasteiger charge is 2.05. The van der Waals surface area contributed by atoms with Gasteiger partial charge in [-0.2, -0.15) is 0 Å². The number of hydrogen-bond donors (Lipinski definition) is 0. The van der Waals surface area contributed by atoms with Crippen LogP contribution in [0.15, 0.2) is 12.1 Å². The predicted molar refractivity (Wildman–Crippen MR) is 58.8 cm³/mol. The third-order valence-electron chi connectivity index (χ3n) is 1.98. The monoisotopic (exact) mass is 193 g/mol. The predicted octanol–water partition coefficient (Wildman–Crippen LogP) is 3.30. The van der Waals surface area contributed by atoms with Crippen LogP contribution in [0.25, 0.3) is 0 Å². The zero-order valence-corrected chi connectivity index (χ0v) is 9.66. The van der Waals surface area contributed by atoms with E-state index in [2.05, 4.69) is 24.9 Å². The van der Waals surface area contributed by atoms with Crippen molar-refractivity contribution in [1.82, 2.24) is 4.98 Å². The van der Waals surface area contributed by atoms with Gasteiger partial charge < -0.3 is 4.74 Å². The lowest BCUT2D eigenvalue weighted by molar-refractivity contribution is 0.232. The maximum Gasteiger partial charge on any atom is 0.213 e. The van der Waals surface area contributed by atoms with Crippen LogP contribution < -0.4 is 4.74 Å². The largest absolute Gasteiger partial charge is 0.475 e. The second kappa shape index (κ2) is 4.45. The summed E-state index contributed by atoms with van der Waals surface area (Å²) >= 11 is 0. The Morgan fingerprint density at radius 1 is 1.14 bits per heavy atom. The molecule has 0 radical (unpaired) electrons. The minimum atomic E-state index is 0.185. The van der Waals surface area contributed by atoms with Crippen LogP contribution in [0.5, 0.6) is 5.88 Å². The van der Waals surface area contributed by atoms with Gasteiger partial charge in [-0.25, -0.2) is 4.98 Å². The molecule has 0 N–H and O–H groups in total. The Labute approximate surface area is 86.3 Å². The van der Waals surface area contributed by atoms with Gasteiger partial charge in [-0.15, -0.1) is 0 Å². The van der Waals surface area contributed by atoms with Gasteiger partial charge in [-0.05, 0) is 38.3 Å². The second-order valence-corrected chi connectivity index (χ2v) is 4.20. The van der Waals surface area contributed by atoms with Crippen LogP contribution in [-0.4, -0.2) is 11.1 Å². The van der Waals surface area contributed by atoms with Gasteiger partial charge in [0.05, 0.1) is 6.10 Å². The number of rotatable bonds is 3. The summed E-state index contributed by atoms with van der Waals surface area (Å²) < 4.78 is 5.57. The SMILES string of the molecule is Cc1cc(C(C)C)cc(OC(C)C)n1. The van der Waals surface area contributed by atoms with E-state index in [9.17, 15) is 0 Å². The first kappa shape index (κ1) is 11.0. The maximum absolute atomic E-state index is 5.57. The van der Waals surface area contributed by atoms with E-state index in [4.69, 9.17) is 4.74 Å². The molecule has 0 fully saturated rings. The zero-order chi connectivity index (χ0) is 10.7. The summed E-state index contributed by atoms with van der Waals surface area (Å²) in [5.41, 5.74) is 2.31. The third kappa shape index (κ3) is 3.02. The molecule has 2 heteroatoms. The molecule has 0 saturated heterocycles. The summed E-state index contributed by atoms with van der Waals surface area (Å²) in [6.07, 6.45) is 0.185. The first-order valence-corrected chi connectivity index (χ1v) is 5.14. The lowest BCUT2D eigenvalue weighted by Crippen LogP contribution is -2.08. The molecule has 0 atom stereocenters. The van der Waals surface area contributed by atoms with Crippen LogP contribution in [0.2, 0.25) is 0 Å². The highest BCUT2D eigenvalue weighted by molar-refractivity contribution is 5.27. The van der Waals surface area contributed by atoms with Gasteiger partial charge in [-0.1, -0.05) is 13.8 Å². The van der Waals surface area contributed by atoms with Crippen molar-refractivity contribution < 1.29 is 4.74 Å². The number of pyridine rings is 1. The van der Waals surface area contributed by atoms with E-state index in [1.165, 1.54) is 5.56 Å². The van der Waals surface area contributed by atoms with Crippen LogP contribution in [-0.2, 0) is 0 Å². The Morgan fingerprint density at radius 2 is 1.79 bits per heavy atom. The van der Waals surface area contributed by atoms with Gasteiger partial charge in [0.15, 0.2) is 0 Å². The highest BCUT2D eigenvalue weighted by atomic mass is 16.5. The van der Waals surface area contributed by atoms with E-state index in [-0.39, 0.29) is 6.10 Å². The molecular formula is C12H19NO. The van der Waals surface area contributed by atoms with E-state index in [0.717, 1.165) is 11.6 Å². The fraction of sp³-hybridized carbons (Fsp3) is 0.583. The molecule has 0 aliphatic carbocycles. The number of nitrogens with zero attached hydrogens (tertiary/aromatic N) is 1. The van der Waals surface area contributed by atoms with Gasteiger partial charge >= 0.3 is 0 Å². The Balaban J connectivity index is 2.95. The Bertz CT molecular complexity index is 305. The Hall–Kier alpha value is -1.05. The van der Waals surface area contributed by atoms with Crippen LogP contribution >= 0.6 is 0 Å². The molecule has 1 aromatic heterocycles. The normalized spacial score (nSPS) is 11.1.